The summed E-state index contributed by atoms with van der Waals surface area (Å²) in [5.41, 5.74) is 1.40. The molecule has 0 fully saturated rings. The van der Waals surface area contributed by atoms with Gasteiger partial charge in [-0.3, -0.25) is 0 Å². The van der Waals surface area contributed by atoms with Crippen LogP contribution in [-0.2, 0) is 19.6 Å². The van der Waals surface area contributed by atoms with Crippen LogP contribution in [0.15, 0.2) is 78.2 Å². The Bertz CT molecular complexity index is 984. The Labute approximate surface area is 170 Å². The van der Waals surface area contributed by atoms with E-state index < -0.39 is 22.0 Å². The number of carbonyl (C=O) groups excluding carboxylic acids is 1. The number of sulfonamides is 1. The van der Waals surface area contributed by atoms with Crippen molar-refractivity contribution in [1.82, 2.24) is 4.31 Å². The second kappa shape index (κ2) is 9.19. The summed E-state index contributed by atoms with van der Waals surface area (Å²) in [5.74, 6) is -0.710. The van der Waals surface area contributed by atoms with Gasteiger partial charge < -0.3 is 4.74 Å². The fourth-order valence-corrected chi connectivity index (χ4v) is 4.55. The van der Waals surface area contributed by atoms with E-state index in [1.54, 1.807) is 36.4 Å². The summed E-state index contributed by atoms with van der Waals surface area (Å²) in [6.07, 6.45) is 1.45. The quantitative estimate of drug-likeness (QED) is 0.363. The van der Waals surface area contributed by atoms with Crippen molar-refractivity contribution in [2.75, 3.05) is 13.7 Å². The summed E-state index contributed by atoms with van der Waals surface area (Å²) in [6, 6.07) is 12.1. The third-order valence-electron chi connectivity index (χ3n) is 4.17. The van der Waals surface area contributed by atoms with E-state index in [9.17, 15) is 13.2 Å². The summed E-state index contributed by atoms with van der Waals surface area (Å²) >= 11 is 6.10. The van der Waals surface area contributed by atoms with Gasteiger partial charge in [0.15, 0.2) is 0 Å². The Kier molecular flexibility index (Phi) is 7.18. The topological polar surface area (TPSA) is 63.7 Å². The summed E-state index contributed by atoms with van der Waals surface area (Å²) in [5, 5.41) is 0.409. The average Bonchev–Trinajstić information content (AvgIpc) is 2.67. The van der Waals surface area contributed by atoms with Crippen molar-refractivity contribution in [2.45, 2.75) is 17.9 Å². The van der Waals surface area contributed by atoms with E-state index in [0.717, 1.165) is 9.87 Å². The van der Waals surface area contributed by atoms with Gasteiger partial charge in [-0.15, -0.1) is 6.58 Å². The zero-order valence-corrected chi connectivity index (χ0v) is 17.3. The van der Waals surface area contributed by atoms with E-state index in [4.69, 9.17) is 16.3 Å². The first kappa shape index (κ1) is 21.9. The summed E-state index contributed by atoms with van der Waals surface area (Å²) in [7, 11) is -2.76. The van der Waals surface area contributed by atoms with Crippen LogP contribution < -0.4 is 0 Å². The molecule has 0 saturated carbocycles. The lowest BCUT2D eigenvalue weighted by atomic mass is 10.00. The lowest BCUT2D eigenvalue weighted by Gasteiger charge is -2.31. The van der Waals surface area contributed by atoms with Gasteiger partial charge in [0.25, 0.3) is 0 Å². The molecule has 2 aromatic carbocycles. The highest BCUT2D eigenvalue weighted by atomic mass is 35.5. The lowest BCUT2D eigenvalue weighted by molar-refractivity contribution is -0.136. The zero-order chi connectivity index (χ0) is 20.9. The van der Waals surface area contributed by atoms with Crippen molar-refractivity contribution >= 4 is 27.6 Å². The van der Waals surface area contributed by atoms with Gasteiger partial charge in [0.2, 0.25) is 10.0 Å². The molecule has 0 N–H and O–H groups in total. The largest absolute Gasteiger partial charge is 0.466 e. The van der Waals surface area contributed by atoms with Crippen LogP contribution in [0, 0.1) is 6.92 Å². The molecule has 1 atom stereocenters. The molecule has 0 bridgehead atoms. The Hall–Kier alpha value is -2.41. The predicted octanol–water partition coefficient (Wildman–Crippen LogP) is 4.30. The number of carbonyl (C=O) groups is 1. The number of hydrogen-bond acceptors (Lipinski definition) is 4. The van der Waals surface area contributed by atoms with Crippen molar-refractivity contribution in [1.29, 1.82) is 0 Å². The molecule has 0 saturated heterocycles. The van der Waals surface area contributed by atoms with Crippen LogP contribution >= 0.6 is 11.6 Å². The minimum Gasteiger partial charge on any atom is -0.466 e. The molecule has 0 aliphatic rings. The van der Waals surface area contributed by atoms with Crippen LogP contribution in [0.25, 0.3) is 0 Å². The minimum absolute atomic E-state index is 0.0256. The van der Waals surface area contributed by atoms with Crippen LogP contribution in [0.4, 0.5) is 0 Å². The van der Waals surface area contributed by atoms with Gasteiger partial charge in [-0.05, 0) is 36.8 Å². The van der Waals surface area contributed by atoms with Gasteiger partial charge in [-0.1, -0.05) is 54.1 Å². The Morgan fingerprint density at radius 2 is 1.89 bits per heavy atom. The molecule has 0 spiro atoms. The third-order valence-corrected chi connectivity index (χ3v) is 6.25. The zero-order valence-electron chi connectivity index (χ0n) is 15.8. The van der Waals surface area contributed by atoms with E-state index in [1.807, 2.05) is 6.92 Å². The number of esters is 1. The fourth-order valence-electron chi connectivity index (χ4n) is 2.78. The Balaban J connectivity index is 2.67. The monoisotopic (exact) mass is 419 g/mol. The van der Waals surface area contributed by atoms with Gasteiger partial charge in [0.1, 0.15) is 0 Å². The highest BCUT2D eigenvalue weighted by Crippen LogP contribution is 2.34. The molecule has 0 amide bonds. The molecule has 0 unspecified atom stereocenters. The first-order chi connectivity index (χ1) is 13.2. The van der Waals surface area contributed by atoms with E-state index in [1.165, 1.54) is 25.3 Å². The van der Waals surface area contributed by atoms with Crippen molar-refractivity contribution in [3.05, 3.63) is 89.5 Å². The van der Waals surface area contributed by atoms with E-state index in [-0.39, 0.29) is 17.0 Å². The van der Waals surface area contributed by atoms with Crippen molar-refractivity contribution < 1.29 is 17.9 Å². The van der Waals surface area contributed by atoms with Gasteiger partial charge in [-0.2, -0.15) is 4.31 Å². The average molecular weight is 420 g/mol. The van der Waals surface area contributed by atoms with Crippen LogP contribution in [0.5, 0.6) is 0 Å². The normalized spacial score (nSPS) is 12.4. The Morgan fingerprint density at radius 3 is 2.43 bits per heavy atom. The molecule has 0 aromatic heterocycles. The molecule has 5 nitrogen and oxygen atoms in total. The molecule has 148 valence electrons. The van der Waals surface area contributed by atoms with Gasteiger partial charge >= 0.3 is 5.97 Å². The predicted molar refractivity (Wildman–Crippen MR) is 111 cm³/mol. The van der Waals surface area contributed by atoms with Gasteiger partial charge in [0.05, 0.1) is 23.6 Å². The molecule has 28 heavy (non-hydrogen) atoms. The smallest absolute Gasteiger partial charge is 0.335 e. The molecule has 0 radical (unpaired) electrons. The molecular formula is C21H22ClNO4S. The number of methoxy groups -OCH3 is 1. The Morgan fingerprint density at radius 1 is 1.25 bits per heavy atom. The van der Waals surface area contributed by atoms with Crippen LogP contribution in [0.1, 0.15) is 17.2 Å². The van der Waals surface area contributed by atoms with E-state index in [0.29, 0.717) is 10.6 Å². The molecule has 0 aliphatic carbocycles. The number of benzene rings is 2. The number of halogens is 1. The maximum atomic E-state index is 13.4. The maximum absolute atomic E-state index is 13.4. The second-order valence-corrected chi connectivity index (χ2v) is 8.48. The number of nitrogens with zero attached hydrogens (tertiary/aromatic N) is 1. The molecular weight excluding hydrogens is 398 g/mol. The molecule has 7 heteroatoms. The number of ether oxygens (including phenoxy) is 1. The van der Waals surface area contributed by atoms with Crippen LogP contribution in [0.2, 0.25) is 5.02 Å². The third kappa shape index (κ3) is 4.70. The van der Waals surface area contributed by atoms with Crippen LogP contribution in [0.3, 0.4) is 0 Å². The number of aryl methyl sites for hydroxylation is 1. The maximum Gasteiger partial charge on any atom is 0.335 e. The van der Waals surface area contributed by atoms with Crippen LogP contribution in [-0.4, -0.2) is 32.3 Å². The second-order valence-electron chi connectivity index (χ2n) is 6.15. The lowest BCUT2D eigenvalue weighted by Crippen LogP contribution is -2.37. The summed E-state index contributed by atoms with van der Waals surface area (Å²) < 4.78 is 32.8. The van der Waals surface area contributed by atoms with Gasteiger partial charge in [-0.25, -0.2) is 13.2 Å². The highest BCUT2D eigenvalue weighted by Gasteiger charge is 2.36. The summed E-state index contributed by atoms with van der Waals surface area (Å²) in [4.78, 5) is 12.3. The van der Waals surface area contributed by atoms with Crippen molar-refractivity contribution in [3.63, 3.8) is 0 Å². The van der Waals surface area contributed by atoms with E-state index >= 15 is 0 Å². The van der Waals surface area contributed by atoms with Gasteiger partial charge in [0, 0.05) is 11.6 Å². The van der Waals surface area contributed by atoms with E-state index in [2.05, 4.69) is 13.2 Å². The first-order valence-electron chi connectivity index (χ1n) is 8.44. The summed E-state index contributed by atoms with van der Waals surface area (Å²) in [6.45, 7) is 9.29. The molecule has 0 heterocycles. The number of hydrogen-bond donors (Lipinski definition) is 0. The standard InChI is InChI=1S/C21H22ClNO4S/c1-5-13-23(28(25,26)19-11-9-15(2)10-12-19)20(16(3)21(24)27-4)17-7-6-8-18(22)14-17/h5-12,14,20H,1,3,13H2,2,4H3/t20-/m0/s1. The minimum atomic E-state index is -3.98. The highest BCUT2D eigenvalue weighted by molar-refractivity contribution is 7.89. The SMILES string of the molecule is C=CCN([C@@H](C(=C)C(=O)OC)c1cccc(Cl)c1)S(=O)(=O)c1ccc(C)cc1. The first-order valence-corrected chi connectivity index (χ1v) is 10.3. The van der Waals surface area contributed by atoms with Crippen molar-refractivity contribution in [3.8, 4) is 0 Å². The molecule has 0 aliphatic heterocycles. The molecule has 2 rings (SSSR count). The number of rotatable bonds is 8. The molecule has 2 aromatic rings. The fraction of sp³-hybridized carbons (Fsp3) is 0.190. The van der Waals surface area contributed by atoms with Crippen molar-refractivity contribution in [2.24, 2.45) is 0 Å².